The highest BCUT2D eigenvalue weighted by Gasteiger charge is 2.23. The molecule has 1 aliphatic heterocycles. The van der Waals surface area contributed by atoms with Crippen molar-refractivity contribution in [1.82, 2.24) is 0 Å². The number of benzene rings is 3. The van der Waals surface area contributed by atoms with Crippen molar-refractivity contribution >= 4 is 40.5 Å². The first-order valence-corrected chi connectivity index (χ1v) is 10.5. The minimum absolute atomic E-state index is 0.0742. The van der Waals surface area contributed by atoms with E-state index in [4.69, 9.17) is 11.6 Å². The molecule has 1 fully saturated rings. The second-order valence-corrected chi connectivity index (χ2v) is 7.86. The molecular formula is C24H21ClFN3O3. The molecule has 1 saturated heterocycles. The molecule has 8 heteroatoms. The van der Waals surface area contributed by atoms with Gasteiger partial charge in [-0.05, 0) is 54.6 Å². The monoisotopic (exact) mass is 453 g/mol. The van der Waals surface area contributed by atoms with Crippen LogP contribution in [0.5, 0.6) is 0 Å². The number of anilines is 3. The maximum absolute atomic E-state index is 14.1. The molecule has 0 radical (unpaired) electrons. The first-order valence-electron chi connectivity index (χ1n) is 10.1. The highest BCUT2D eigenvalue weighted by molar-refractivity contribution is 6.30. The summed E-state index contributed by atoms with van der Waals surface area (Å²) in [6.07, 6.45) is 0. The summed E-state index contributed by atoms with van der Waals surface area (Å²) >= 11 is 5.89. The van der Waals surface area contributed by atoms with Crippen molar-refractivity contribution in [3.8, 4) is 0 Å². The molecule has 3 aromatic rings. The maximum atomic E-state index is 14.1. The fraction of sp³-hybridized carbons (Fsp3) is 0.167. The van der Waals surface area contributed by atoms with Gasteiger partial charge in [0.15, 0.2) is 0 Å². The van der Waals surface area contributed by atoms with Crippen LogP contribution < -0.4 is 15.1 Å². The fourth-order valence-electron chi connectivity index (χ4n) is 3.74. The lowest BCUT2D eigenvalue weighted by molar-refractivity contribution is 0.0696. The van der Waals surface area contributed by atoms with Gasteiger partial charge < -0.3 is 20.2 Å². The zero-order valence-electron chi connectivity index (χ0n) is 17.1. The summed E-state index contributed by atoms with van der Waals surface area (Å²) in [7, 11) is 0. The van der Waals surface area contributed by atoms with Crippen LogP contribution >= 0.6 is 11.6 Å². The van der Waals surface area contributed by atoms with E-state index in [0.29, 0.717) is 53.8 Å². The van der Waals surface area contributed by atoms with Gasteiger partial charge in [-0.2, -0.15) is 0 Å². The SMILES string of the molecule is O=C(O)c1ccc(N2CCN(c3ccccc3F)CC2)c(NC(=O)c2ccc(Cl)cc2)c1. The average molecular weight is 454 g/mol. The van der Waals surface area contributed by atoms with E-state index >= 15 is 0 Å². The van der Waals surface area contributed by atoms with Gasteiger partial charge in [0.25, 0.3) is 5.91 Å². The summed E-state index contributed by atoms with van der Waals surface area (Å²) < 4.78 is 14.1. The van der Waals surface area contributed by atoms with Gasteiger partial charge in [-0.25, -0.2) is 9.18 Å². The van der Waals surface area contributed by atoms with E-state index in [1.807, 2.05) is 4.90 Å². The minimum Gasteiger partial charge on any atom is -0.478 e. The second-order valence-electron chi connectivity index (χ2n) is 7.42. The number of carboxylic acid groups (broad SMARTS) is 1. The third-order valence-electron chi connectivity index (χ3n) is 5.41. The molecule has 6 nitrogen and oxygen atoms in total. The van der Waals surface area contributed by atoms with E-state index in [0.717, 1.165) is 0 Å². The van der Waals surface area contributed by atoms with Crippen LogP contribution in [0.2, 0.25) is 5.02 Å². The number of hydrogen-bond donors (Lipinski definition) is 2. The van der Waals surface area contributed by atoms with E-state index in [9.17, 15) is 19.1 Å². The molecule has 32 heavy (non-hydrogen) atoms. The Bertz CT molecular complexity index is 1150. The highest BCUT2D eigenvalue weighted by Crippen LogP contribution is 2.30. The molecule has 164 valence electrons. The molecule has 3 aromatic carbocycles. The van der Waals surface area contributed by atoms with Crippen molar-refractivity contribution in [3.05, 3.63) is 88.7 Å². The van der Waals surface area contributed by atoms with E-state index < -0.39 is 5.97 Å². The van der Waals surface area contributed by atoms with Crippen molar-refractivity contribution in [2.45, 2.75) is 0 Å². The van der Waals surface area contributed by atoms with E-state index in [-0.39, 0.29) is 17.3 Å². The quantitative estimate of drug-likeness (QED) is 0.583. The van der Waals surface area contributed by atoms with Crippen molar-refractivity contribution in [1.29, 1.82) is 0 Å². The number of aromatic carboxylic acids is 1. The smallest absolute Gasteiger partial charge is 0.335 e. The number of nitrogens with one attached hydrogen (secondary N) is 1. The summed E-state index contributed by atoms with van der Waals surface area (Å²) in [5.74, 6) is -1.71. The van der Waals surface area contributed by atoms with E-state index in [2.05, 4.69) is 10.2 Å². The lowest BCUT2D eigenvalue weighted by Crippen LogP contribution is -2.47. The predicted molar refractivity (Wildman–Crippen MR) is 124 cm³/mol. The average Bonchev–Trinajstić information content (AvgIpc) is 2.80. The van der Waals surface area contributed by atoms with Gasteiger partial charge in [0.05, 0.1) is 22.6 Å². The van der Waals surface area contributed by atoms with E-state index in [1.165, 1.54) is 18.2 Å². The summed E-state index contributed by atoms with van der Waals surface area (Å²) in [6, 6.07) is 17.8. The fourth-order valence-corrected chi connectivity index (χ4v) is 3.86. The number of amides is 1. The molecule has 1 heterocycles. The van der Waals surface area contributed by atoms with Crippen LogP contribution in [0.3, 0.4) is 0 Å². The zero-order chi connectivity index (χ0) is 22.7. The number of para-hydroxylation sites is 1. The van der Waals surface area contributed by atoms with Crippen molar-refractivity contribution in [2.75, 3.05) is 41.3 Å². The lowest BCUT2D eigenvalue weighted by Gasteiger charge is -2.38. The maximum Gasteiger partial charge on any atom is 0.335 e. The van der Waals surface area contributed by atoms with Crippen LogP contribution in [0, 0.1) is 5.82 Å². The Kier molecular flexibility index (Phi) is 6.28. The third-order valence-corrected chi connectivity index (χ3v) is 5.66. The number of halogens is 2. The van der Waals surface area contributed by atoms with Gasteiger partial charge >= 0.3 is 5.97 Å². The Morgan fingerprint density at radius 3 is 2.06 bits per heavy atom. The summed E-state index contributed by atoms with van der Waals surface area (Å²) in [5, 5.41) is 12.7. The van der Waals surface area contributed by atoms with Crippen molar-refractivity contribution in [2.24, 2.45) is 0 Å². The largest absolute Gasteiger partial charge is 0.478 e. The molecule has 4 rings (SSSR count). The topological polar surface area (TPSA) is 72.9 Å². The van der Waals surface area contributed by atoms with Crippen LogP contribution in [-0.4, -0.2) is 43.2 Å². The molecule has 1 amide bonds. The van der Waals surface area contributed by atoms with Gasteiger partial charge in [0, 0.05) is 36.8 Å². The van der Waals surface area contributed by atoms with Crippen LogP contribution in [0.15, 0.2) is 66.7 Å². The summed E-state index contributed by atoms with van der Waals surface area (Å²) in [5.41, 5.74) is 2.16. The Morgan fingerprint density at radius 1 is 0.844 bits per heavy atom. The summed E-state index contributed by atoms with van der Waals surface area (Å²) in [4.78, 5) is 28.3. The molecule has 0 unspecified atom stereocenters. The van der Waals surface area contributed by atoms with E-state index in [1.54, 1.807) is 48.5 Å². The van der Waals surface area contributed by atoms with Crippen molar-refractivity contribution < 1.29 is 19.1 Å². The number of carbonyl (C=O) groups excluding carboxylic acids is 1. The number of hydrogen-bond acceptors (Lipinski definition) is 4. The van der Waals surface area contributed by atoms with Crippen molar-refractivity contribution in [3.63, 3.8) is 0 Å². The number of piperazine rings is 1. The number of rotatable bonds is 5. The van der Waals surface area contributed by atoms with Crippen LogP contribution in [0.1, 0.15) is 20.7 Å². The molecular weight excluding hydrogens is 433 g/mol. The molecule has 0 spiro atoms. The van der Waals surface area contributed by atoms with Crippen LogP contribution in [-0.2, 0) is 0 Å². The van der Waals surface area contributed by atoms with Gasteiger partial charge in [0.1, 0.15) is 5.82 Å². The van der Waals surface area contributed by atoms with Crippen LogP contribution in [0.25, 0.3) is 0 Å². The Morgan fingerprint density at radius 2 is 1.44 bits per heavy atom. The number of carboxylic acids is 1. The molecule has 0 aromatic heterocycles. The number of carbonyl (C=O) groups is 2. The molecule has 0 saturated carbocycles. The first kappa shape index (κ1) is 21.6. The van der Waals surface area contributed by atoms with Gasteiger partial charge in [-0.15, -0.1) is 0 Å². The highest BCUT2D eigenvalue weighted by atomic mass is 35.5. The Balaban J connectivity index is 1.56. The third kappa shape index (κ3) is 4.68. The predicted octanol–water partition coefficient (Wildman–Crippen LogP) is 4.76. The molecule has 2 N–H and O–H groups in total. The van der Waals surface area contributed by atoms with Gasteiger partial charge in [-0.3, -0.25) is 4.79 Å². The van der Waals surface area contributed by atoms with Gasteiger partial charge in [-0.1, -0.05) is 23.7 Å². The molecule has 0 aliphatic carbocycles. The first-order chi connectivity index (χ1) is 15.4. The Hall–Kier alpha value is -3.58. The number of nitrogens with zero attached hydrogens (tertiary/aromatic N) is 2. The normalized spacial score (nSPS) is 13.7. The van der Waals surface area contributed by atoms with Gasteiger partial charge in [0.2, 0.25) is 0 Å². The Labute approximate surface area is 189 Å². The van der Waals surface area contributed by atoms with Crippen LogP contribution in [0.4, 0.5) is 21.5 Å². The molecule has 0 atom stereocenters. The second kappa shape index (κ2) is 9.28. The minimum atomic E-state index is -1.08. The standard InChI is InChI=1S/C24H21ClFN3O3/c25-18-8-5-16(6-9-18)23(30)27-20-15-17(24(31)32)7-10-22(20)29-13-11-28(12-14-29)21-4-2-1-3-19(21)26/h1-10,15H,11-14H2,(H,27,30)(H,31,32). The molecule has 1 aliphatic rings. The summed E-state index contributed by atoms with van der Waals surface area (Å²) in [6.45, 7) is 2.35. The molecule has 0 bridgehead atoms. The zero-order valence-corrected chi connectivity index (χ0v) is 17.8. The lowest BCUT2D eigenvalue weighted by atomic mass is 10.1.